The van der Waals surface area contributed by atoms with Crippen molar-refractivity contribution in [2.75, 3.05) is 7.11 Å². The van der Waals surface area contributed by atoms with Crippen molar-refractivity contribution < 1.29 is 14.3 Å². The summed E-state index contributed by atoms with van der Waals surface area (Å²) in [6, 6.07) is 6.88. The average molecular weight is 221 g/mol. The summed E-state index contributed by atoms with van der Waals surface area (Å²) < 4.78 is 10.3. The predicted molar refractivity (Wildman–Crippen MR) is 59.2 cm³/mol. The molecule has 0 amide bonds. The highest BCUT2D eigenvalue weighted by Gasteiger charge is 2.34. The van der Waals surface area contributed by atoms with Gasteiger partial charge in [0.05, 0.1) is 12.7 Å². The third kappa shape index (κ3) is 2.17. The van der Waals surface area contributed by atoms with E-state index < -0.39 is 5.72 Å². The number of esters is 1. The number of ether oxygens (including phenoxy) is 2. The molecule has 1 aliphatic rings. The van der Waals surface area contributed by atoms with Crippen LogP contribution in [0.1, 0.15) is 29.6 Å². The third-order valence-corrected chi connectivity index (χ3v) is 2.78. The van der Waals surface area contributed by atoms with Crippen molar-refractivity contribution in [1.82, 2.24) is 0 Å². The molecule has 86 valence electrons. The highest BCUT2D eigenvalue weighted by molar-refractivity contribution is 5.89. The summed E-state index contributed by atoms with van der Waals surface area (Å²) >= 11 is 0. The minimum Gasteiger partial charge on any atom is -0.473 e. The maximum Gasteiger partial charge on any atom is 0.337 e. The zero-order valence-corrected chi connectivity index (χ0v) is 9.23. The van der Waals surface area contributed by atoms with Gasteiger partial charge in [0.15, 0.2) is 5.72 Å². The van der Waals surface area contributed by atoms with Gasteiger partial charge in [-0.1, -0.05) is 6.07 Å². The summed E-state index contributed by atoms with van der Waals surface area (Å²) in [7, 11) is 1.35. The number of rotatable bonds is 3. The van der Waals surface area contributed by atoms with Gasteiger partial charge in [-0.25, -0.2) is 4.79 Å². The highest BCUT2D eigenvalue weighted by atomic mass is 16.5. The van der Waals surface area contributed by atoms with E-state index in [4.69, 9.17) is 10.5 Å². The summed E-state index contributed by atoms with van der Waals surface area (Å²) in [6.45, 7) is 0. The first kappa shape index (κ1) is 11.0. The Bertz CT molecular complexity index is 399. The Morgan fingerprint density at radius 3 is 2.75 bits per heavy atom. The number of hydrogen-bond acceptors (Lipinski definition) is 4. The molecule has 2 rings (SSSR count). The van der Waals surface area contributed by atoms with Gasteiger partial charge in [-0.3, -0.25) is 5.73 Å². The molecule has 1 fully saturated rings. The minimum absolute atomic E-state index is 0.370. The molecule has 1 aromatic rings. The van der Waals surface area contributed by atoms with Crippen LogP contribution < -0.4 is 10.5 Å². The van der Waals surface area contributed by atoms with Crippen molar-refractivity contribution in [3.05, 3.63) is 29.8 Å². The monoisotopic (exact) mass is 221 g/mol. The smallest absolute Gasteiger partial charge is 0.337 e. The lowest BCUT2D eigenvalue weighted by molar-refractivity contribution is -0.00106. The van der Waals surface area contributed by atoms with E-state index in [1.54, 1.807) is 24.3 Å². The largest absolute Gasteiger partial charge is 0.473 e. The first-order valence-electron chi connectivity index (χ1n) is 5.29. The first-order chi connectivity index (χ1) is 7.63. The van der Waals surface area contributed by atoms with E-state index in [1.807, 2.05) is 0 Å². The lowest BCUT2D eigenvalue weighted by Crippen LogP contribution is -2.51. The second kappa shape index (κ2) is 4.14. The number of carbonyl (C=O) groups excluding carboxylic acids is 1. The van der Waals surface area contributed by atoms with Crippen LogP contribution in [0.4, 0.5) is 0 Å². The van der Waals surface area contributed by atoms with Crippen LogP contribution in [0.5, 0.6) is 5.75 Å². The summed E-state index contributed by atoms with van der Waals surface area (Å²) in [5.74, 6) is 0.246. The molecule has 0 unspecified atom stereocenters. The summed E-state index contributed by atoms with van der Waals surface area (Å²) in [6.07, 6.45) is 2.80. The van der Waals surface area contributed by atoms with Gasteiger partial charge in [-0.15, -0.1) is 0 Å². The van der Waals surface area contributed by atoms with Gasteiger partial charge in [-0.2, -0.15) is 0 Å². The Morgan fingerprint density at radius 1 is 1.44 bits per heavy atom. The normalized spacial score (nSPS) is 17.4. The Hall–Kier alpha value is -1.55. The van der Waals surface area contributed by atoms with Gasteiger partial charge < -0.3 is 9.47 Å². The van der Waals surface area contributed by atoms with E-state index in [9.17, 15) is 4.79 Å². The molecule has 0 atom stereocenters. The van der Waals surface area contributed by atoms with Crippen molar-refractivity contribution in [2.24, 2.45) is 5.73 Å². The molecule has 0 spiro atoms. The average Bonchev–Trinajstić information content (AvgIpc) is 2.26. The van der Waals surface area contributed by atoms with E-state index in [2.05, 4.69) is 4.74 Å². The molecular weight excluding hydrogens is 206 g/mol. The fourth-order valence-corrected chi connectivity index (χ4v) is 1.67. The predicted octanol–water partition coefficient (Wildman–Crippen LogP) is 1.69. The van der Waals surface area contributed by atoms with Crippen LogP contribution in [-0.4, -0.2) is 18.8 Å². The van der Waals surface area contributed by atoms with Gasteiger partial charge >= 0.3 is 5.97 Å². The summed E-state index contributed by atoms with van der Waals surface area (Å²) in [5.41, 5.74) is 5.88. The number of hydrogen-bond donors (Lipinski definition) is 1. The molecule has 0 radical (unpaired) electrons. The van der Waals surface area contributed by atoms with Crippen LogP contribution >= 0.6 is 0 Å². The minimum atomic E-state index is -0.547. The maximum absolute atomic E-state index is 11.3. The third-order valence-electron chi connectivity index (χ3n) is 2.78. The Morgan fingerprint density at radius 2 is 2.19 bits per heavy atom. The Balaban J connectivity index is 2.12. The van der Waals surface area contributed by atoms with E-state index in [1.165, 1.54) is 7.11 Å². The molecule has 0 bridgehead atoms. The zero-order chi connectivity index (χ0) is 11.6. The molecule has 0 saturated heterocycles. The number of nitrogens with two attached hydrogens (primary N) is 1. The Labute approximate surface area is 94.3 Å². The fourth-order valence-electron chi connectivity index (χ4n) is 1.67. The topological polar surface area (TPSA) is 61.5 Å². The van der Waals surface area contributed by atoms with Gasteiger partial charge in [0, 0.05) is 12.8 Å². The van der Waals surface area contributed by atoms with E-state index >= 15 is 0 Å². The van der Waals surface area contributed by atoms with E-state index in [0.717, 1.165) is 19.3 Å². The molecular formula is C12H15NO3. The van der Waals surface area contributed by atoms with Crippen LogP contribution in [0.2, 0.25) is 0 Å². The van der Waals surface area contributed by atoms with Crippen LogP contribution in [0.25, 0.3) is 0 Å². The quantitative estimate of drug-likeness (QED) is 0.623. The zero-order valence-electron chi connectivity index (χ0n) is 9.23. The van der Waals surface area contributed by atoms with Crippen LogP contribution in [0.3, 0.4) is 0 Å². The molecule has 4 heteroatoms. The van der Waals surface area contributed by atoms with Gasteiger partial charge in [0.2, 0.25) is 0 Å². The van der Waals surface area contributed by atoms with Crippen LogP contribution in [-0.2, 0) is 4.74 Å². The molecule has 16 heavy (non-hydrogen) atoms. The second-order valence-electron chi connectivity index (χ2n) is 4.04. The maximum atomic E-state index is 11.3. The lowest BCUT2D eigenvalue weighted by Gasteiger charge is -2.38. The number of carbonyl (C=O) groups is 1. The molecule has 1 aliphatic carbocycles. The lowest BCUT2D eigenvalue weighted by atomic mass is 9.89. The first-order valence-corrected chi connectivity index (χ1v) is 5.29. The summed E-state index contributed by atoms with van der Waals surface area (Å²) in [4.78, 5) is 11.3. The molecule has 1 aromatic carbocycles. The molecule has 4 nitrogen and oxygen atoms in total. The number of methoxy groups -OCH3 is 1. The SMILES string of the molecule is COC(=O)c1cccc(OC2(N)CCC2)c1. The van der Waals surface area contributed by atoms with E-state index in [0.29, 0.717) is 11.3 Å². The molecule has 0 aliphatic heterocycles. The molecule has 1 saturated carbocycles. The van der Waals surface area contributed by atoms with E-state index in [-0.39, 0.29) is 5.97 Å². The van der Waals surface area contributed by atoms with Crippen LogP contribution in [0, 0.1) is 0 Å². The molecule has 2 N–H and O–H groups in total. The van der Waals surface area contributed by atoms with Crippen molar-refractivity contribution in [3.8, 4) is 5.75 Å². The van der Waals surface area contributed by atoms with Crippen LogP contribution in [0.15, 0.2) is 24.3 Å². The van der Waals surface area contributed by atoms with Crippen molar-refractivity contribution in [3.63, 3.8) is 0 Å². The van der Waals surface area contributed by atoms with Crippen molar-refractivity contribution in [2.45, 2.75) is 25.0 Å². The molecule has 0 aromatic heterocycles. The Kier molecular flexibility index (Phi) is 2.83. The highest BCUT2D eigenvalue weighted by Crippen LogP contribution is 2.32. The molecule has 0 heterocycles. The van der Waals surface area contributed by atoms with Crippen molar-refractivity contribution in [1.29, 1.82) is 0 Å². The van der Waals surface area contributed by atoms with Gasteiger partial charge in [-0.05, 0) is 24.6 Å². The van der Waals surface area contributed by atoms with Crippen molar-refractivity contribution >= 4 is 5.97 Å². The van der Waals surface area contributed by atoms with Gasteiger partial charge in [0.25, 0.3) is 0 Å². The summed E-state index contributed by atoms with van der Waals surface area (Å²) in [5, 5.41) is 0. The fraction of sp³-hybridized carbons (Fsp3) is 0.417. The van der Waals surface area contributed by atoms with Gasteiger partial charge in [0.1, 0.15) is 5.75 Å². The number of benzene rings is 1. The second-order valence-corrected chi connectivity index (χ2v) is 4.04. The standard InChI is InChI=1S/C12H15NO3/c1-15-11(14)9-4-2-5-10(8-9)16-12(13)6-3-7-12/h2,4-5,8H,3,6-7,13H2,1H3.